The normalized spacial score (nSPS) is 27.3. The van der Waals surface area contributed by atoms with Crippen LogP contribution in [0, 0.1) is 29.5 Å². The summed E-state index contributed by atoms with van der Waals surface area (Å²) in [6, 6.07) is 9.75. The van der Waals surface area contributed by atoms with Crippen LogP contribution in [0.5, 0.6) is 5.75 Å². The van der Waals surface area contributed by atoms with Crippen LogP contribution in [0.1, 0.15) is 83.6 Å². The average molecular weight is 411 g/mol. The number of hydrogen-bond acceptors (Lipinski definition) is 1. The molecule has 4 rings (SSSR count). The fourth-order valence-electron chi connectivity index (χ4n) is 6.14. The molecule has 2 heteroatoms. The molecule has 0 aliphatic heterocycles. The number of fused-ring (bicyclic) bond motifs is 1. The summed E-state index contributed by atoms with van der Waals surface area (Å²) in [6.45, 7) is 4.96. The molecule has 164 valence electrons. The van der Waals surface area contributed by atoms with Gasteiger partial charge in [0.05, 0.1) is 6.61 Å². The summed E-state index contributed by atoms with van der Waals surface area (Å²) in [5.41, 5.74) is 0.881. The Hall–Kier alpha value is -1.57. The molecule has 2 aromatic rings. The van der Waals surface area contributed by atoms with E-state index >= 15 is 4.39 Å². The third-order valence-corrected chi connectivity index (χ3v) is 8.17. The molecule has 2 saturated carbocycles. The summed E-state index contributed by atoms with van der Waals surface area (Å²) in [6.07, 6.45) is 14.8. The molecule has 0 unspecified atom stereocenters. The van der Waals surface area contributed by atoms with Gasteiger partial charge in [0.2, 0.25) is 0 Å². The van der Waals surface area contributed by atoms with Gasteiger partial charge in [-0.05, 0) is 98.3 Å². The molecular formula is C28H39FO. The molecule has 0 atom stereocenters. The highest BCUT2D eigenvalue weighted by molar-refractivity contribution is 5.85. The second kappa shape index (κ2) is 10.2. The molecule has 2 aliphatic carbocycles. The Bertz CT molecular complexity index is 813. The van der Waals surface area contributed by atoms with E-state index in [1.54, 1.807) is 0 Å². The predicted molar refractivity (Wildman–Crippen MR) is 125 cm³/mol. The summed E-state index contributed by atoms with van der Waals surface area (Å²) in [5, 5.41) is 1.66. The van der Waals surface area contributed by atoms with E-state index in [1.807, 2.05) is 31.2 Å². The van der Waals surface area contributed by atoms with E-state index in [4.69, 9.17) is 4.74 Å². The maximum absolute atomic E-state index is 15.1. The van der Waals surface area contributed by atoms with Gasteiger partial charge in [-0.2, -0.15) is 0 Å². The van der Waals surface area contributed by atoms with Crippen LogP contribution in [0.25, 0.3) is 10.8 Å². The fraction of sp³-hybridized carbons (Fsp3) is 0.643. The molecule has 0 saturated heterocycles. The lowest BCUT2D eigenvalue weighted by atomic mass is 9.68. The molecule has 0 heterocycles. The van der Waals surface area contributed by atoms with Crippen LogP contribution in [0.2, 0.25) is 0 Å². The number of hydrogen-bond donors (Lipinski definition) is 0. The van der Waals surface area contributed by atoms with Crippen molar-refractivity contribution in [1.82, 2.24) is 0 Å². The zero-order chi connectivity index (χ0) is 20.9. The number of aryl methyl sites for hydroxylation is 1. The lowest BCUT2D eigenvalue weighted by molar-refractivity contribution is 0.142. The van der Waals surface area contributed by atoms with E-state index in [0.717, 1.165) is 58.6 Å². The van der Waals surface area contributed by atoms with Gasteiger partial charge in [0.25, 0.3) is 0 Å². The molecule has 2 fully saturated rings. The lowest BCUT2D eigenvalue weighted by Gasteiger charge is -2.37. The van der Waals surface area contributed by atoms with Crippen molar-refractivity contribution in [2.24, 2.45) is 23.7 Å². The maximum atomic E-state index is 15.1. The monoisotopic (exact) mass is 410 g/mol. The minimum absolute atomic E-state index is 0.0306. The minimum atomic E-state index is -0.0306. The van der Waals surface area contributed by atoms with Crippen molar-refractivity contribution in [2.75, 3.05) is 6.61 Å². The average Bonchev–Trinajstić information content (AvgIpc) is 2.79. The van der Waals surface area contributed by atoms with E-state index in [-0.39, 0.29) is 5.82 Å². The summed E-state index contributed by atoms with van der Waals surface area (Å²) < 4.78 is 20.6. The highest BCUT2D eigenvalue weighted by Crippen LogP contribution is 2.42. The van der Waals surface area contributed by atoms with Gasteiger partial charge in [-0.15, -0.1) is 0 Å². The molecular weight excluding hydrogens is 371 g/mol. The van der Waals surface area contributed by atoms with Crippen molar-refractivity contribution >= 4 is 10.8 Å². The number of benzene rings is 2. The summed E-state index contributed by atoms with van der Waals surface area (Å²) in [7, 11) is 0. The second-order valence-electron chi connectivity index (χ2n) is 9.86. The molecule has 0 aromatic heterocycles. The van der Waals surface area contributed by atoms with Crippen molar-refractivity contribution in [3.05, 3.63) is 41.7 Å². The molecule has 0 amide bonds. The Balaban J connectivity index is 1.29. The maximum Gasteiger partial charge on any atom is 0.134 e. The van der Waals surface area contributed by atoms with Crippen molar-refractivity contribution in [2.45, 2.75) is 84.5 Å². The Morgan fingerprint density at radius 1 is 0.833 bits per heavy atom. The van der Waals surface area contributed by atoms with Crippen LogP contribution in [0.3, 0.4) is 0 Å². The Labute approximate surface area is 182 Å². The second-order valence-corrected chi connectivity index (χ2v) is 9.86. The summed E-state index contributed by atoms with van der Waals surface area (Å²) >= 11 is 0. The predicted octanol–water partition coefficient (Wildman–Crippen LogP) is 8.33. The quantitative estimate of drug-likeness (QED) is 0.446. The van der Waals surface area contributed by atoms with Gasteiger partial charge in [-0.3, -0.25) is 0 Å². The summed E-state index contributed by atoms with van der Waals surface area (Å²) in [5.74, 6) is 4.53. The highest BCUT2D eigenvalue weighted by atomic mass is 19.1. The minimum Gasteiger partial charge on any atom is -0.494 e. The lowest BCUT2D eigenvalue weighted by Crippen LogP contribution is -2.25. The first kappa shape index (κ1) is 21.7. The zero-order valence-electron chi connectivity index (χ0n) is 19.0. The van der Waals surface area contributed by atoms with Crippen LogP contribution in [-0.4, -0.2) is 6.61 Å². The first-order valence-electron chi connectivity index (χ1n) is 12.5. The van der Waals surface area contributed by atoms with Crippen molar-refractivity contribution in [3.8, 4) is 5.75 Å². The third kappa shape index (κ3) is 5.01. The van der Waals surface area contributed by atoms with Crippen LogP contribution < -0.4 is 4.74 Å². The van der Waals surface area contributed by atoms with E-state index in [1.165, 1.54) is 57.8 Å². The van der Waals surface area contributed by atoms with Crippen LogP contribution in [0.15, 0.2) is 30.3 Å². The third-order valence-electron chi connectivity index (χ3n) is 8.17. The van der Waals surface area contributed by atoms with E-state index in [0.29, 0.717) is 6.61 Å². The van der Waals surface area contributed by atoms with Gasteiger partial charge in [0.15, 0.2) is 0 Å². The van der Waals surface area contributed by atoms with Gasteiger partial charge < -0.3 is 4.74 Å². The zero-order valence-corrected chi connectivity index (χ0v) is 19.0. The van der Waals surface area contributed by atoms with Gasteiger partial charge in [0, 0.05) is 5.39 Å². The molecule has 2 aliphatic rings. The first-order chi connectivity index (χ1) is 14.7. The van der Waals surface area contributed by atoms with E-state index in [2.05, 4.69) is 13.0 Å². The van der Waals surface area contributed by atoms with Crippen molar-refractivity contribution in [1.29, 1.82) is 0 Å². The van der Waals surface area contributed by atoms with E-state index in [9.17, 15) is 0 Å². The molecule has 0 bridgehead atoms. The van der Waals surface area contributed by atoms with Gasteiger partial charge in [-0.1, -0.05) is 51.2 Å². The number of rotatable bonds is 7. The van der Waals surface area contributed by atoms with Crippen molar-refractivity contribution in [3.63, 3.8) is 0 Å². The van der Waals surface area contributed by atoms with E-state index < -0.39 is 0 Å². The van der Waals surface area contributed by atoms with Crippen LogP contribution >= 0.6 is 0 Å². The SMILES string of the molecule is CCOc1ccc2c(F)c(CCC3CCC(C4CCC(CC)CC4)CC3)ccc2c1. The molecule has 0 N–H and O–H groups in total. The van der Waals surface area contributed by atoms with Crippen LogP contribution in [0.4, 0.5) is 4.39 Å². The van der Waals surface area contributed by atoms with Crippen molar-refractivity contribution < 1.29 is 9.13 Å². The highest BCUT2D eigenvalue weighted by Gasteiger charge is 2.30. The number of ether oxygens (including phenoxy) is 1. The van der Waals surface area contributed by atoms with Gasteiger partial charge >= 0.3 is 0 Å². The van der Waals surface area contributed by atoms with Crippen LogP contribution in [-0.2, 0) is 6.42 Å². The summed E-state index contributed by atoms with van der Waals surface area (Å²) in [4.78, 5) is 0. The van der Waals surface area contributed by atoms with Gasteiger partial charge in [-0.25, -0.2) is 4.39 Å². The smallest absolute Gasteiger partial charge is 0.134 e. The molecule has 0 spiro atoms. The Kier molecular flexibility index (Phi) is 7.33. The first-order valence-corrected chi connectivity index (χ1v) is 12.5. The molecule has 2 aromatic carbocycles. The number of halogens is 1. The standard InChI is InChI=1S/C28H39FO/c1-3-20-5-10-22(11-6-20)23-12-7-21(8-13-23)9-14-24-15-16-25-19-26(30-4-2)17-18-27(25)28(24)29/h15-23H,3-14H2,1-2H3. The molecule has 30 heavy (non-hydrogen) atoms. The fourth-order valence-corrected chi connectivity index (χ4v) is 6.14. The van der Waals surface area contributed by atoms with Gasteiger partial charge in [0.1, 0.15) is 11.6 Å². The molecule has 0 radical (unpaired) electrons. The molecule has 1 nitrogen and oxygen atoms in total. The largest absolute Gasteiger partial charge is 0.494 e. The Morgan fingerprint density at radius 2 is 1.50 bits per heavy atom. The topological polar surface area (TPSA) is 9.23 Å². The Morgan fingerprint density at radius 3 is 2.13 bits per heavy atom.